The molecule has 1 aliphatic carbocycles. The zero-order valence-corrected chi connectivity index (χ0v) is 30.9. The average molecular weight is 731 g/mol. The number of carbonyl (C=O) groups excluding carboxylic acids is 3. The lowest BCUT2D eigenvalue weighted by atomic mass is 9.97. The zero-order chi connectivity index (χ0) is 37.8. The molecule has 2 amide bonds. The summed E-state index contributed by atoms with van der Waals surface area (Å²) >= 11 is 0. The second-order valence-corrected chi connectivity index (χ2v) is 15.0. The first-order chi connectivity index (χ1) is 26.0. The van der Waals surface area contributed by atoms with Gasteiger partial charge in [-0.25, -0.2) is 9.59 Å². The predicted octanol–water partition coefficient (Wildman–Crippen LogP) is 6.41. The van der Waals surface area contributed by atoms with E-state index in [1.165, 1.54) is 0 Å². The van der Waals surface area contributed by atoms with Crippen LogP contribution in [0.3, 0.4) is 0 Å². The number of rotatable bonds is 12. The van der Waals surface area contributed by atoms with Gasteiger partial charge in [-0.15, -0.1) is 0 Å². The Kier molecular flexibility index (Phi) is 10.7. The predicted molar refractivity (Wildman–Crippen MR) is 206 cm³/mol. The number of aromatic amines is 1. The van der Waals surface area contributed by atoms with Crippen LogP contribution in [0.25, 0.3) is 22.2 Å². The number of nitrogens with zero attached hydrogens (tertiary/aromatic N) is 2. The van der Waals surface area contributed by atoms with Crippen LogP contribution in [0.4, 0.5) is 4.79 Å². The van der Waals surface area contributed by atoms with Crippen LogP contribution in [0.5, 0.6) is 5.75 Å². The molecule has 11 nitrogen and oxygen atoms in total. The summed E-state index contributed by atoms with van der Waals surface area (Å²) in [4.78, 5) is 58.3. The van der Waals surface area contributed by atoms with E-state index < -0.39 is 17.8 Å². The number of piperazine rings is 1. The van der Waals surface area contributed by atoms with Crippen LogP contribution < -0.4 is 15.8 Å². The second kappa shape index (κ2) is 15.7. The van der Waals surface area contributed by atoms with E-state index in [4.69, 9.17) is 13.9 Å². The molecule has 0 unspecified atom stereocenters. The van der Waals surface area contributed by atoms with Gasteiger partial charge in [0.25, 0.3) is 0 Å². The Bertz CT molecular complexity index is 2150. The van der Waals surface area contributed by atoms with Gasteiger partial charge in [0.05, 0.1) is 11.4 Å². The second-order valence-electron chi connectivity index (χ2n) is 15.0. The number of Topliss-reactive ketones (excluding diaryl/α,β-unsaturated/α-hetero) is 1. The summed E-state index contributed by atoms with van der Waals surface area (Å²) in [5, 5.41) is 2.90. The number of nitrogens with one attached hydrogen (secondary N) is 2. The molecule has 4 aromatic carbocycles. The van der Waals surface area contributed by atoms with Crippen LogP contribution in [-0.2, 0) is 16.0 Å². The van der Waals surface area contributed by atoms with E-state index in [1.54, 1.807) is 18.2 Å². The molecule has 1 atom stereocenters. The number of hydrogen-bond donors (Lipinski definition) is 2. The minimum Gasteiger partial charge on any atom is -0.488 e. The summed E-state index contributed by atoms with van der Waals surface area (Å²) in [7, 11) is 0. The number of ether oxygens (including phenoxy) is 2. The van der Waals surface area contributed by atoms with E-state index in [2.05, 4.69) is 39.5 Å². The molecule has 54 heavy (non-hydrogen) atoms. The van der Waals surface area contributed by atoms with Crippen LogP contribution in [0, 0.1) is 5.92 Å². The number of oxazole rings is 1. The van der Waals surface area contributed by atoms with E-state index >= 15 is 0 Å². The molecule has 5 aromatic rings. The maximum absolute atomic E-state index is 14.1. The minimum atomic E-state index is -0.559. The van der Waals surface area contributed by atoms with E-state index in [1.807, 2.05) is 74.2 Å². The molecule has 0 bridgehead atoms. The number of hydrogen-bond acceptors (Lipinski definition) is 8. The summed E-state index contributed by atoms with van der Waals surface area (Å²) in [5.41, 5.74) is 6.60. The zero-order valence-electron chi connectivity index (χ0n) is 30.9. The molecule has 1 saturated heterocycles. The van der Waals surface area contributed by atoms with Gasteiger partial charge in [0.15, 0.2) is 11.4 Å². The highest BCUT2D eigenvalue weighted by molar-refractivity contribution is 5.98. The van der Waals surface area contributed by atoms with E-state index in [0.717, 1.165) is 33.6 Å². The lowest BCUT2D eigenvalue weighted by Crippen LogP contribution is -2.52. The highest BCUT2D eigenvalue weighted by Crippen LogP contribution is 2.44. The first-order valence-electron chi connectivity index (χ1n) is 18.5. The minimum absolute atomic E-state index is 0.0408. The van der Waals surface area contributed by atoms with Gasteiger partial charge in [-0.2, -0.15) is 0 Å². The van der Waals surface area contributed by atoms with Crippen molar-refractivity contribution in [3.05, 3.63) is 124 Å². The third-order valence-electron chi connectivity index (χ3n) is 10.1. The molecule has 1 fully saturated rings. The van der Waals surface area contributed by atoms with Crippen molar-refractivity contribution in [3.8, 4) is 16.9 Å². The Morgan fingerprint density at radius 1 is 0.889 bits per heavy atom. The summed E-state index contributed by atoms with van der Waals surface area (Å²) in [6, 6.07) is 29.1. The third kappa shape index (κ3) is 8.58. The molecule has 7 rings (SSSR count). The van der Waals surface area contributed by atoms with E-state index in [9.17, 15) is 19.2 Å². The molecule has 1 aromatic heterocycles. The normalized spacial score (nSPS) is 15.1. The standard InChI is InChI=1S/C43H46N4O7/c1-43(2,3)54-31-15-12-28(13-16-31)24-30(26-44-41(50)52-27-36-34-10-6-4-8-32(34)33-9-5-7-11-35(33)36)40(49)47-22-20-46(21-23-47)19-18-38(48)29-14-17-37-39(25-29)53-42(51)45-37/h4-17,25,30,36H,18-24,26-27H2,1-3H3,(H,44,50)(H,45,51)/t30-/m0/s1. The summed E-state index contributed by atoms with van der Waals surface area (Å²) < 4.78 is 16.9. The van der Waals surface area contributed by atoms with Gasteiger partial charge in [-0.1, -0.05) is 60.7 Å². The Morgan fingerprint density at radius 3 is 2.22 bits per heavy atom. The van der Waals surface area contributed by atoms with Crippen molar-refractivity contribution in [3.63, 3.8) is 0 Å². The maximum atomic E-state index is 14.1. The van der Waals surface area contributed by atoms with Crippen molar-refractivity contribution in [2.24, 2.45) is 5.92 Å². The molecule has 0 spiro atoms. The molecular formula is C43H46N4O7. The SMILES string of the molecule is CC(C)(C)Oc1ccc(C[C@@H](CNC(=O)OCC2c3ccccc3-c3ccccc32)C(=O)N2CCN(CCC(=O)c3ccc4[nH]c(=O)oc4c3)CC2)cc1. The summed E-state index contributed by atoms with van der Waals surface area (Å²) in [6.45, 7) is 9.10. The lowest BCUT2D eigenvalue weighted by molar-refractivity contribution is -0.137. The number of alkyl carbamates (subject to hydrolysis) is 1. The topological polar surface area (TPSA) is 134 Å². The lowest BCUT2D eigenvalue weighted by Gasteiger charge is -2.36. The molecule has 1 aliphatic heterocycles. The molecular weight excluding hydrogens is 684 g/mol. The van der Waals surface area contributed by atoms with Crippen molar-refractivity contribution in [2.45, 2.75) is 45.1 Å². The van der Waals surface area contributed by atoms with Gasteiger partial charge in [0.1, 0.15) is 18.0 Å². The molecule has 0 saturated carbocycles. The molecule has 0 radical (unpaired) electrons. The Labute approximate surface area is 314 Å². The number of H-pyrrole nitrogens is 1. The molecule has 280 valence electrons. The fourth-order valence-corrected chi connectivity index (χ4v) is 7.41. The fourth-order valence-electron chi connectivity index (χ4n) is 7.41. The molecule has 2 heterocycles. The van der Waals surface area contributed by atoms with Gasteiger partial charge in [-0.05, 0) is 85.3 Å². The van der Waals surface area contributed by atoms with Crippen molar-refractivity contribution < 1.29 is 28.3 Å². The fraction of sp³-hybridized carbons (Fsp3) is 0.349. The van der Waals surface area contributed by atoms with Crippen molar-refractivity contribution >= 4 is 28.9 Å². The van der Waals surface area contributed by atoms with E-state index in [-0.39, 0.29) is 36.4 Å². The van der Waals surface area contributed by atoms with Crippen LogP contribution >= 0.6 is 0 Å². The maximum Gasteiger partial charge on any atom is 0.417 e. The smallest absolute Gasteiger partial charge is 0.417 e. The number of benzene rings is 4. The Balaban J connectivity index is 0.959. The summed E-state index contributed by atoms with van der Waals surface area (Å²) in [6.07, 6.45) is 0.171. The quantitative estimate of drug-likeness (QED) is 0.141. The highest BCUT2D eigenvalue weighted by atomic mass is 16.5. The summed E-state index contributed by atoms with van der Waals surface area (Å²) in [5.74, 6) is -0.473. The third-order valence-corrected chi connectivity index (χ3v) is 10.1. The van der Waals surface area contributed by atoms with Crippen LogP contribution in [0.15, 0.2) is 100 Å². The number of fused-ring (bicyclic) bond motifs is 4. The van der Waals surface area contributed by atoms with Crippen LogP contribution in [0.1, 0.15) is 60.2 Å². The number of ketones is 1. The number of carbonyl (C=O) groups is 3. The number of amides is 2. The molecule has 2 aliphatic rings. The molecule has 11 heteroatoms. The Morgan fingerprint density at radius 2 is 1.56 bits per heavy atom. The van der Waals surface area contributed by atoms with Crippen molar-refractivity contribution in [1.82, 2.24) is 20.1 Å². The van der Waals surface area contributed by atoms with Crippen molar-refractivity contribution in [1.29, 1.82) is 0 Å². The van der Waals surface area contributed by atoms with E-state index in [0.29, 0.717) is 62.2 Å². The van der Waals surface area contributed by atoms with Gasteiger partial charge in [0.2, 0.25) is 5.91 Å². The monoisotopic (exact) mass is 730 g/mol. The molecule has 2 N–H and O–H groups in total. The van der Waals surface area contributed by atoms with Gasteiger partial charge in [-0.3, -0.25) is 19.5 Å². The van der Waals surface area contributed by atoms with Crippen molar-refractivity contribution in [2.75, 3.05) is 45.9 Å². The average Bonchev–Trinajstić information content (AvgIpc) is 3.70. The first kappa shape index (κ1) is 36.7. The largest absolute Gasteiger partial charge is 0.488 e. The van der Waals surface area contributed by atoms with Gasteiger partial charge < -0.3 is 24.1 Å². The van der Waals surface area contributed by atoms with Crippen LogP contribution in [-0.4, -0.2) is 84.0 Å². The number of aromatic nitrogens is 1. The van der Waals surface area contributed by atoms with Crippen LogP contribution in [0.2, 0.25) is 0 Å². The van der Waals surface area contributed by atoms with Gasteiger partial charge in [0, 0.05) is 57.2 Å². The first-order valence-corrected chi connectivity index (χ1v) is 18.5. The highest BCUT2D eigenvalue weighted by Gasteiger charge is 2.31. The van der Waals surface area contributed by atoms with Gasteiger partial charge >= 0.3 is 11.8 Å². The Hall–Kier alpha value is -5.68.